The number of unbranched alkanes of at least 4 members (excludes halogenated alkanes) is 1. The first kappa shape index (κ1) is 18.4. The Balaban J connectivity index is 1.76. The number of aromatic nitrogens is 3. The fourth-order valence-electron chi connectivity index (χ4n) is 2.44. The second kappa shape index (κ2) is 8.84. The van der Waals surface area contributed by atoms with Crippen molar-refractivity contribution in [2.24, 2.45) is 0 Å². The number of rotatable bonds is 8. The maximum absolute atomic E-state index is 12.6. The molecule has 2 aromatic heterocycles. The molecule has 140 valence electrons. The quantitative estimate of drug-likeness (QED) is 0.615. The lowest BCUT2D eigenvalue weighted by Gasteiger charge is -2.14. The van der Waals surface area contributed by atoms with Crippen LogP contribution >= 0.6 is 0 Å². The second-order valence-corrected chi connectivity index (χ2v) is 5.87. The van der Waals surface area contributed by atoms with Crippen molar-refractivity contribution in [3.05, 3.63) is 60.6 Å². The van der Waals surface area contributed by atoms with E-state index >= 15 is 0 Å². The van der Waals surface area contributed by atoms with Gasteiger partial charge in [0.05, 0.1) is 25.0 Å². The molecular weight excluding hydrogens is 344 g/mol. The second-order valence-electron chi connectivity index (χ2n) is 5.87. The molecule has 0 aliphatic rings. The number of nitrogens with zero attached hydrogens (tertiary/aromatic N) is 3. The largest absolute Gasteiger partial charge is 0.497 e. The Kier molecular flexibility index (Phi) is 6.04. The molecule has 3 rings (SSSR count). The third-order valence-corrected chi connectivity index (χ3v) is 3.94. The minimum atomic E-state index is -0.275. The number of methoxy groups -OCH3 is 1. The molecule has 0 aliphatic carbocycles. The fourth-order valence-corrected chi connectivity index (χ4v) is 2.44. The van der Waals surface area contributed by atoms with E-state index in [0.717, 1.165) is 12.8 Å². The summed E-state index contributed by atoms with van der Waals surface area (Å²) in [6.07, 6.45) is 6.96. The summed E-state index contributed by atoms with van der Waals surface area (Å²) in [5.41, 5.74) is 1.000. The molecule has 0 atom stereocenters. The van der Waals surface area contributed by atoms with Gasteiger partial charge in [-0.15, -0.1) is 0 Å². The van der Waals surface area contributed by atoms with Crippen LogP contribution in [0.25, 0.3) is 5.82 Å². The predicted octanol–water partition coefficient (Wildman–Crippen LogP) is 3.71. The van der Waals surface area contributed by atoms with Gasteiger partial charge in [-0.2, -0.15) is 5.10 Å². The topological polar surface area (TPSA) is 78.3 Å². The van der Waals surface area contributed by atoms with Crippen molar-refractivity contribution in [2.75, 3.05) is 19.0 Å². The van der Waals surface area contributed by atoms with E-state index in [2.05, 4.69) is 22.3 Å². The highest BCUT2D eigenvalue weighted by Gasteiger charge is 2.12. The number of anilines is 1. The predicted molar refractivity (Wildman–Crippen MR) is 103 cm³/mol. The van der Waals surface area contributed by atoms with Crippen LogP contribution in [0.4, 0.5) is 5.69 Å². The van der Waals surface area contributed by atoms with Gasteiger partial charge in [-0.1, -0.05) is 13.3 Å². The summed E-state index contributed by atoms with van der Waals surface area (Å²) < 4.78 is 12.7. The van der Waals surface area contributed by atoms with Crippen LogP contribution in [0.3, 0.4) is 0 Å². The molecule has 0 fully saturated rings. The van der Waals surface area contributed by atoms with Crippen LogP contribution in [-0.2, 0) is 0 Å². The molecule has 0 saturated heterocycles. The number of nitrogens with one attached hydrogen (secondary N) is 1. The van der Waals surface area contributed by atoms with Crippen molar-refractivity contribution in [3.63, 3.8) is 0 Å². The Morgan fingerprint density at radius 1 is 1.26 bits per heavy atom. The van der Waals surface area contributed by atoms with E-state index in [0.29, 0.717) is 35.2 Å². The Labute approximate surface area is 158 Å². The SMILES string of the molecule is CCCCOc1ccc(OC)cc1NC(=O)c1ccc(-n2cccn2)nc1. The molecule has 1 N–H and O–H groups in total. The number of amides is 1. The first-order valence-electron chi connectivity index (χ1n) is 8.79. The number of benzene rings is 1. The van der Waals surface area contributed by atoms with Crippen molar-refractivity contribution in [3.8, 4) is 17.3 Å². The molecule has 0 aliphatic heterocycles. The summed E-state index contributed by atoms with van der Waals surface area (Å²) in [6, 6.07) is 10.6. The van der Waals surface area contributed by atoms with Crippen LogP contribution in [0.2, 0.25) is 0 Å². The van der Waals surface area contributed by atoms with Crippen LogP contribution in [-0.4, -0.2) is 34.4 Å². The summed E-state index contributed by atoms with van der Waals surface area (Å²) >= 11 is 0. The van der Waals surface area contributed by atoms with Gasteiger partial charge in [0, 0.05) is 24.7 Å². The summed E-state index contributed by atoms with van der Waals surface area (Å²) in [5, 5.41) is 6.99. The summed E-state index contributed by atoms with van der Waals surface area (Å²) in [4.78, 5) is 16.9. The van der Waals surface area contributed by atoms with Crippen LogP contribution in [0.15, 0.2) is 55.0 Å². The Morgan fingerprint density at radius 2 is 2.15 bits per heavy atom. The molecule has 1 aromatic carbocycles. The minimum Gasteiger partial charge on any atom is -0.497 e. The van der Waals surface area contributed by atoms with Gasteiger partial charge in [0.15, 0.2) is 5.82 Å². The average Bonchev–Trinajstić information content (AvgIpc) is 3.24. The third kappa shape index (κ3) is 4.63. The zero-order valence-corrected chi connectivity index (χ0v) is 15.4. The molecule has 0 saturated carbocycles. The average molecular weight is 366 g/mol. The molecule has 1 amide bonds. The minimum absolute atomic E-state index is 0.275. The van der Waals surface area contributed by atoms with Gasteiger partial charge in [0.1, 0.15) is 11.5 Å². The van der Waals surface area contributed by atoms with Crippen LogP contribution in [0.1, 0.15) is 30.1 Å². The maximum atomic E-state index is 12.6. The van der Waals surface area contributed by atoms with E-state index in [4.69, 9.17) is 9.47 Å². The Hall–Kier alpha value is -3.35. The van der Waals surface area contributed by atoms with E-state index in [1.165, 1.54) is 6.20 Å². The van der Waals surface area contributed by atoms with Gasteiger partial charge >= 0.3 is 0 Å². The van der Waals surface area contributed by atoms with Gasteiger partial charge in [-0.25, -0.2) is 9.67 Å². The highest BCUT2D eigenvalue weighted by atomic mass is 16.5. The highest BCUT2D eigenvalue weighted by Crippen LogP contribution is 2.30. The molecular formula is C20H22N4O3. The van der Waals surface area contributed by atoms with Crippen LogP contribution in [0.5, 0.6) is 11.5 Å². The zero-order chi connectivity index (χ0) is 19.1. The molecule has 0 unspecified atom stereocenters. The standard InChI is InChI=1S/C20H22N4O3/c1-3-4-12-27-18-8-7-16(26-2)13-17(18)23-20(25)15-6-9-19(21-14-15)24-11-5-10-22-24/h5-11,13-14H,3-4,12H2,1-2H3,(H,23,25). The van der Waals surface area contributed by atoms with Gasteiger partial charge in [-0.3, -0.25) is 4.79 Å². The number of ether oxygens (including phenoxy) is 2. The maximum Gasteiger partial charge on any atom is 0.257 e. The van der Waals surface area contributed by atoms with E-state index in [9.17, 15) is 4.79 Å². The van der Waals surface area contributed by atoms with Crippen molar-refractivity contribution in [2.45, 2.75) is 19.8 Å². The summed E-state index contributed by atoms with van der Waals surface area (Å²) in [6.45, 7) is 2.69. The van der Waals surface area contributed by atoms with Crippen molar-refractivity contribution < 1.29 is 14.3 Å². The summed E-state index contributed by atoms with van der Waals surface area (Å²) in [7, 11) is 1.58. The zero-order valence-electron chi connectivity index (χ0n) is 15.4. The lowest BCUT2D eigenvalue weighted by Crippen LogP contribution is -2.14. The molecule has 0 spiro atoms. The van der Waals surface area contributed by atoms with E-state index < -0.39 is 0 Å². The van der Waals surface area contributed by atoms with Crippen molar-refractivity contribution in [1.82, 2.24) is 14.8 Å². The normalized spacial score (nSPS) is 10.4. The van der Waals surface area contributed by atoms with E-state index in [1.807, 2.05) is 6.07 Å². The molecule has 2 heterocycles. The summed E-state index contributed by atoms with van der Waals surface area (Å²) in [5.74, 6) is 1.61. The number of carbonyl (C=O) groups is 1. The number of pyridine rings is 1. The van der Waals surface area contributed by atoms with Crippen LogP contribution < -0.4 is 14.8 Å². The van der Waals surface area contributed by atoms with Gasteiger partial charge < -0.3 is 14.8 Å². The molecule has 27 heavy (non-hydrogen) atoms. The number of carbonyl (C=O) groups excluding carboxylic acids is 1. The Bertz CT molecular complexity index is 877. The lowest BCUT2D eigenvalue weighted by molar-refractivity contribution is 0.102. The molecule has 0 radical (unpaired) electrons. The fraction of sp³-hybridized carbons (Fsp3) is 0.250. The van der Waals surface area contributed by atoms with Crippen LogP contribution in [0, 0.1) is 0 Å². The van der Waals surface area contributed by atoms with E-state index in [1.54, 1.807) is 54.5 Å². The first-order chi connectivity index (χ1) is 13.2. The van der Waals surface area contributed by atoms with Gasteiger partial charge in [0.2, 0.25) is 0 Å². The van der Waals surface area contributed by atoms with Crippen molar-refractivity contribution >= 4 is 11.6 Å². The highest BCUT2D eigenvalue weighted by molar-refractivity contribution is 6.05. The van der Waals surface area contributed by atoms with Gasteiger partial charge in [0.25, 0.3) is 5.91 Å². The third-order valence-electron chi connectivity index (χ3n) is 3.94. The Morgan fingerprint density at radius 3 is 2.81 bits per heavy atom. The lowest BCUT2D eigenvalue weighted by atomic mass is 10.2. The first-order valence-corrected chi connectivity index (χ1v) is 8.79. The monoisotopic (exact) mass is 366 g/mol. The van der Waals surface area contributed by atoms with Crippen molar-refractivity contribution in [1.29, 1.82) is 0 Å². The van der Waals surface area contributed by atoms with E-state index in [-0.39, 0.29) is 5.91 Å². The van der Waals surface area contributed by atoms with Gasteiger partial charge in [-0.05, 0) is 36.8 Å². The molecule has 7 nitrogen and oxygen atoms in total. The number of hydrogen-bond donors (Lipinski definition) is 1. The smallest absolute Gasteiger partial charge is 0.257 e. The number of hydrogen-bond acceptors (Lipinski definition) is 5. The molecule has 3 aromatic rings. The molecule has 0 bridgehead atoms. The molecule has 7 heteroatoms.